The van der Waals surface area contributed by atoms with Crippen molar-refractivity contribution in [2.24, 2.45) is 23.2 Å². The van der Waals surface area contributed by atoms with E-state index < -0.39 is 5.97 Å². The predicted octanol–water partition coefficient (Wildman–Crippen LogP) is 1.81. The standard InChI is InChI=1S/C16H25NO4/c18-14(17-1-2-21-10-15(19)20)9-16-6-11-3-12(7-16)5-13(4-11)8-16/h11-13H,1-10H2,(H,17,18)(H,19,20). The summed E-state index contributed by atoms with van der Waals surface area (Å²) in [4.78, 5) is 22.4. The number of nitrogens with one attached hydrogen (secondary N) is 1. The van der Waals surface area contributed by atoms with Gasteiger partial charge in [-0.2, -0.15) is 0 Å². The Morgan fingerprint density at radius 3 is 2.19 bits per heavy atom. The summed E-state index contributed by atoms with van der Waals surface area (Å²) in [6.45, 7) is 0.363. The molecular weight excluding hydrogens is 270 g/mol. The Labute approximate surface area is 125 Å². The van der Waals surface area contributed by atoms with Crippen LogP contribution in [0.2, 0.25) is 0 Å². The van der Waals surface area contributed by atoms with Crippen LogP contribution in [0.5, 0.6) is 0 Å². The first-order valence-electron chi connectivity index (χ1n) is 8.11. The highest BCUT2D eigenvalue weighted by atomic mass is 16.5. The van der Waals surface area contributed by atoms with E-state index >= 15 is 0 Å². The molecule has 21 heavy (non-hydrogen) atoms. The molecular formula is C16H25NO4. The van der Waals surface area contributed by atoms with Crippen LogP contribution < -0.4 is 5.32 Å². The first kappa shape index (κ1) is 14.8. The molecule has 0 spiro atoms. The van der Waals surface area contributed by atoms with E-state index in [9.17, 15) is 9.59 Å². The van der Waals surface area contributed by atoms with Gasteiger partial charge in [-0.1, -0.05) is 0 Å². The topological polar surface area (TPSA) is 75.6 Å². The van der Waals surface area contributed by atoms with E-state index in [0.717, 1.165) is 17.8 Å². The molecule has 5 heteroatoms. The molecule has 0 aliphatic heterocycles. The van der Waals surface area contributed by atoms with Gasteiger partial charge in [-0.15, -0.1) is 0 Å². The molecule has 0 aromatic heterocycles. The minimum absolute atomic E-state index is 0.107. The summed E-state index contributed by atoms with van der Waals surface area (Å²) < 4.78 is 4.93. The number of carboxylic acid groups (broad SMARTS) is 1. The van der Waals surface area contributed by atoms with Crippen LogP contribution in [-0.2, 0) is 14.3 Å². The fourth-order valence-electron chi connectivity index (χ4n) is 5.33. The maximum absolute atomic E-state index is 12.1. The van der Waals surface area contributed by atoms with Crippen LogP contribution in [0, 0.1) is 23.2 Å². The molecule has 0 radical (unpaired) electrons. The Bertz CT molecular complexity index is 385. The Morgan fingerprint density at radius 1 is 1.10 bits per heavy atom. The molecule has 0 saturated heterocycles. The lowest BCUT2D eigenvalue weighted by Crippen LogP contribution is -2.48. The number of amides is 1. The molecule has 0 aromatic rings. The molecule has 4 bridgehead atoms. The van der Waals surface area contributed by atoms with Crippen molar-refractivity contribution in [3.05, 3.63) is 0 Å². The molecule has 2 N–H and O–H groups in total. The van der Waals surface area contributed by atoms with Crippen molar-refractivity contribution in [3.63, 3.8) is 0 Å². The number of rotatable bonds is 7. The van der Waals surface area contributed by atoms with Crippen molar-refractivity contribution < 1.29 is 19.4 Å². The van der Waals surface area contributed by atoms with Crippen molar-refractivity contribution in [1.29, 1.82) is 0 Å². The maximum atomic E-state index is 12.1. The summed E-state index contributed by atoms with van der Waals surface area (Å²) in [5.74, 6) is 1.72. The van der Waals surface area contributed by atoms with Gasteiger partial charge in [0.15, 0.2) is 0 Å². The highest BCUT2D eigenvalue weighted by Gasteiger charge is 2.51. The number of aliphatic carboxylic acids is 1. The van der Waals surface area contributed by atoms with Crippen LogP contribution in [-0.4, -0.2) is 36.7 Å². The molecule has 1 amide bonds. The minimum atomic E-state index is -0.977. The summed E-state index contributed by atoms with van der Waals surface area (Å²) in [6, 6.07) is 0. The van der Waals surface area contributed by atoms with Crippen molar-refractivity contribution >= 4 is 11.9 Å². The highest BCUT2D eigenvalue weighted by molar-refractivity contribution is 5.76. The van der Waals surface area contributed by atoms with Crippen LogP contribution in [0.15, 0.2) is 0 Å². The van der Waals surface area contributed by atoms with Crippen LogP contribution in [0.1, 0.15) is 44.9 Å². The molecule has 5 nitrogen and oxygen atoms in total. The number of ether oxygens (including phenoxy) is 1. The highest BCUT2D eigenvalue weighted by Crippen LogP contribution is 2.61. The smallest absolute Gasteiger partial charge is 0.329 e. The van der Waals surface area contributed by atoms with Gasteiger partial charge in [0.1, 0.15) is 6.61 Å². The lowest BCUT2D eigenvalue weighted by atomic mass is 9.49. The van der Waals surface area contributed by atoms with Gasteiger partial charge in [0.05, 0.1) is 6.61 Å². The minimum Gasteiger partial charge on any atom is -0.480 e. The third kappa shape index (κ3) is 3.57. The average molecular weight is 295 g/mol. The van der Waals surface area contributed by atoms with Gasteiger partial charge in [0, 0.05) is 13.0 Å². The third-order valence-electron chi connectivity index (χ3n) is 5.49. The van der Waals surface area contributed by atoms with E-state index in [1.54, 1.807) is 0 Å². The first-order valence-corrected chi connectivity index (χ1v) is 8.11. The maximum Gasteiger partial charge on any atom is 0.329 e. The Kier molecular flexibility index (Phi) is 4.20. The quantitative estimate of drug-likeness (QED) is 0.702. The second kappa shape index (κ2) is 5.95. The molecule has 4 fully saturated rings. The Balaban J connectivity index is 1.41. The largest absolute Gasteiger partial charge is 0.480 e. The molecule has 4 aliphatic carbocycles. The van der Waals surface area contributed by atoms with Crippen molar-refractivity contribution in [1.82, 2.24) is 5.32 Å². The number of carboxylic acids is 1. The van der Waals surface area contributed by atoms with E-state index in [1.165, 1.54) is 38.5 Å². The first-order chi connectivity index (χ1) is 10.0. The van der Waals surface area contributed by atoms with Crippen molar-refractivity contribution in [2.75, 3.05) is 19.8 Å². The van der Waals surface area contributed by atoms with Gasteiger partial charge < -0.3 is 15.2 Å². The fourth-order valence-corrected chi connectivity index (χ4v) is 5.33. The summed E-state index contributed by atoms with van der Waals surface area (Å²) in [7, 11) is 0. The zero-order valence-electron chi connectivity index (χ0n) is 12.5. The van der Waals surface area contributed by atoms with Gasteiger partial charge in [-0.25, -0.2) is 4.79 Å². The van der Waals surface area contributed by atoms with Crippen LogP contribution in [0.3, 0.4) is 0 Å². The molecule has 4 rings (SSSR count). The number of hydrogen-bond donors (Lipinski definition) is 2. The fraction of sp³-hybridized carbons (Fsp3) is 0.875. The summed E-state index contributed by atoms with van der Waals surface area (Å²) in [5, 5.41) is 11.3. The number of carbonyl (C=O) groups is 2. The normalized spacial score (nSPS) is 36.7. The van der Waals surface area contributed by atoms with Crippen LogP contribution >= 0.6 is 0 Å². The Morgan fingerprint density at radius 2 is 1.67 bits per heavy atom. The van der Waals surface area contributed by atoms with Crippen molar-refractivity contribution in [3.8, 4) is 0 Å². The average Bonchev–Trinajstić information content (AvgIpc) is 2.35. The van der Waals surface area contributed by atoms with Crippen molar-refractivity contribution in [2.45, 2.75) is 44.9 Å². The van der Waals surface area contributed by atoms with E-state index in [1.807, 2.05) is 0 Å². The lowest BCUT2D eigenvalue weighted by Gasteiger charge is -2.56. The SMILES string of the molecule is O=C(O)COCCNC(=O)CC12CC3CC(CC(C3)C1)C2. The monoisotopic (exact) mass is 295 g/mol. The Hall–Kier alpha value is -1.10. The van der Waals surface area contributed by atoms with E-state index in [-0.39, 0.29) is 24.5 Å². The molecule has 4 aliphatic rings. The molecule has 4 saturated carbocycles. The summed E-state index contributed by atoms with van der Waals surface area (Å²) in [6.07, 6.45) is 8.54. The van der Waals surface area contributed by atoms with E-state index in [0.29, 0.717) is 13.0 Å². The van der Waals surface area contributed by atoms with E-state index in [4.69, 9.17) is 9.84 Å². The second-order valence-electron chi connectivity index (χ2n) is 7.39. The number of carbonyl (C=O) groups excluding carboxylic acids is 1. The number of hydrogen-bond acceptors (Lipinski definition) is 3. The molecule has 0 atom stereocenters. The van der Waals surface area contributed by atoms with Gasteiger partial charge in [0.2, 0.25) is 5.91 Å². The second-order valence-corrected chi connectivity index (χ2v) is 7.39. The zero-order valence-corrected chi connectivity index (χ0v) is 12.5. The predicted molar refractivity (Wildman–Crippen MR) is 76.7 cm³/mol. The van der Waals surface area contributed by atoms with Gasteiger partial charge in [-0.05, 0) is 61.7 Å². The molecule has 0 heterocycles. The lowest BCUT2D eigenvalue weighted by molar-refractivity contribution is -0.142. The van der Waals surface area contributed by atoms with Crippen LogP contribution in [0.25, 0.3) is 0 Å². The van der Waals surface area contributed by atoms with Gasteiger partial charge in [-0.3, -0.25) is 4.79 Å². The van der Waals surface area contributed by atoms with E-state index in [2.05, 4.69) is 5.32 Å². The summed E-state index contributed by atoms with van der Waals surface area (Å²) >= 11 is 0. The van der Waals surface area contributed by atoms with Gasteiger partial charge >= 0.3 is 5.97 Å². The summed E-state index contributed by atoms with van der Waals surface area (Å²) in [5.41, 5.74) is 0.265. The molecule has 118 valence electrons. The van der Waals surface area contributed by atoms with Crippen LogP contribution in [0.4, 0.5) is 0 Å². The molecule has 0 unspecified atom stereocenters. The zero-order chi connectivity index (χ0) is 14.9. The third-order valence-corrected chi connectivity index (χ3v) is 5.49. The van der Waals surface area contributed by atoms with Gasteiger partial charge in [0.25, 0.3) is 0 Å². The molecule has 0 aromatic carbocycles.